The number of aldehydes is 1. The minimum absolute atomic E-state index is 0.362. The predicted octanol–water partition coefficient (Wildman–Crippen LogP) is 2.73. The van der Waals surface area contributed by atoms with Crippen molar-refractivity contribution in [3.63, 3.8) is 0 Å². The standard InChI is InChI=1S/C11H16O/c1-3-10(8-12)11-7-5-4-6-9(11)2/h3,5,7-9,11H,4,6H2,1-2H3/b10-3-. The molecule has 0 aromatic rings. The molecule has 66 valence electrons. The van der Waals surface area contributed by atoms with Gasteiger partial charge in [0.2, 0.25) is 0 Å². The van der Waals surface area contributed by atoms with Gasteiger partial charge in [0.1, 0.15) is 6.29 Å². The highest BCUT2D eigenvalue weighted by Gasteiger charge is 2.19. The Morgan fingerprint density at radius 1 is 1.58 bits per heavy atom. The summed E-state index contributed by atoms with van der Waals surface area (Å²) in [6, 6.07) is 0. The van der Waals surface area contributed by atoms with Crippen LogP contribution in [0.2, 0.25) is 0 Å². The molecule has 0 N–H and O–H groups in total. The first-order chi connectivity index (χ1) is 5.79. The van der Waals surface area contributed by atoms with Gasteiger partial charge in [-0.3, -0.25) is 4.79 Å². The molecule has 1 nitrogen and oxygen atoms in total. The van der Waals surface area contributed by atoms with Crippen LogP contribution in [0.3, 0.4) is 0 Å². The van der Waals surface area contributed by atoms with Crippen molar-refractivity contribution in [2.24, 2.45) is 11.8 Å². The molecule has 0 fully saturated rings. The summed E-state index contributed by atoms with van der Waals surface area (Å²) in [6.45, 7) is 4.14. The molecule has 0 radical (unpaired) electrons. The molecule has 1 aliphatic carbocycles. The summed E-state index contributed by atoms with van der Waals surface area (Å²) in [4.78, 5) is 10.7. The Morgan fingerprint density at radius 3 is 2.83 bits per heavy atom. The lowest BCUT2D eigenvalue weighted by Crippen LogP contribution is -2.15. The fourth-order valence-corrected chi connectivity index (χ4v) is 1.75. The molecule has 2 atom stereocenters. The van der Waals surface area contributed by atoms with Gasteiger partial charge in [-0.15, -0.1) is 0 Å². The van der Waals surface area contributed by atoms with Crippen molar-refractivity contribution in [2.75, 3.05) is 0 Å². The van der Waals surface area contributed by atoms with Crippen LogP contribution in [0, 0.1) is 11.8 Å². The third-order valence-corrected chi connectivity index (χ3v) is 2.60. The van der Waals surface area contributed by atoms with Gasteiger partial charge < -0.3 is 0 Å². The van der Waals surface area contributed by atoms with Gasteiger partial charge >= 0.3 is 0 Å². The van der Waals surface area contributed by atoms with Crippen molar-refractivity contribution in [2.45, 2.75) is 26.7 Å². The van der Waals surface area contributed by atoms with E-state index in [-0.39, 0.29) is 0 Å². The zero-order valence-corrected chi connectivity index (χ0v) is 7.79. The smallest absolute Gasteiger partial charge is 0.146 e. The number of carbonyl (C=O) groups is 1. The summed E-state index contributed by atoms with van der Waals surface area (Å²) in [5, 5.41) is 0. The van der Waals surface area contributed by atoms with E-state index in [1.165, 1.54) is 6.42 Å². The fourth-order valence-electron chi connectivity index (χ4n) is 1.75. The zero-order valence-electron chi connectivity index (χ0n) is 7.79. The molecule has 0 amide bonds. The summed E-state index contributed by atoms with van der Waals surface area (Å²) in [5.74, 6) is 0.979. The average Bonchev–Trinajstić information content (AvgIpc) is 2.10. The Bertz CT molecular complexity index is 213. The van der Waals surface area contributed by atoms with E-state index in [2.05, 4.69) is 19.1 Å². The first kappa shape index (κ1) is 9.24. The average molecular weight is 164 g/mol. The van der Waals surface area contributed by atoms with Crippen LogP contribution >= 0.6 is 0 Å². The first-order valence-corrected chi connectivity index (χ1v) is 4.57. The van der Waals surface area contributed by atoms with Crippen LogP contribution in [-0.4, -0.2) is 6.29 Å². The fraction of sp³-hybridized carbons (Fsp3) is 0.545. The minimum Gasteiger partial charge on any atom is -0.298 e. The van der Waals surface area contributed by atoms with E-state index in [1.807, 2.05) is 13.0 Å². The molecule has 1 rings (SSSR count). The molecule has 0 heterocycles. The number of hydrogen-bond donors (Lipinski definition) is 0. The van der Waals surface area contributed by atoms with Gasteiger partial charge in [0, 0.05) is 5.92 Å². The number of hydrogen-bond acceptors (Lipinski definition) is 1. The Balaban J connectivity index is 2.77. The van der Waals surface area contributed by atoms with Crippen LogP contribution in [0.4, 0.5) is 0 Å². The second-order valence-corrected chi connectivity index (χ2v) is 3.42. The SMILES string of the molecule is C/C=C(/C=O)C1C=CCCC1C. The van der Waals surface area contributed by atoms with Gasteiger partial charge in [-0.25, -0.2) is 0 Å². The van der Waals surface area contributed by atoms with Gasteiger partial charge in [0.15, 0.2) is 0 Å². The van der Waals surface area contributed by atoms with Crippen molar-refractivity contribution < 1.29 is 4.79 Å². The topological polar surface area (TPSA) is 17.1 Å². The Morgan fingerprint density at radius 2 is 2.33 bits per heavy atom. The summed E-state index contributed by atoms with van der Waals surface area (Å²) in [6.07, 6.45) is 9.61. The second-order valence-electron chi connectivity index (χ2n) is 3.42. The number of allylic oxidation sites excluding steroid dienone is 4. The maximum Gasteiger partial charge on any atom is 0.146 e. The highest BCUT2D eigenvalue weighted by Crippen LogP contribution is 2.28. The number of carbonyl (C=O) groups excluding carboxylic acids is 1. The van der Waals surface area contributed by atoms with Gasteiger partial charge in [-0.1, -0.05) is 25.2 Å². The largest absolute Gasteiger partial charge is 0.298 e. The maximum atomic E-state index is 10.7. The molecule has 0 saturated carbocycles. The van der Waals surface area contributed by atoms with Crippen LogP contribution in [0.15, 0.2) is 23.8 Å². The normalized spacial score (nSPS) is 30.3. The lowest BCUT2D eigenvalue weighted by Gasteiger charge is -2.23. The maximum absolute atomic E-state index is 10.7. The monoisotopic (exact) mass is 164 g/mol. The van der Waals surface area contributed by atoms with Crippen molar-refractivity contribution >= 4 is 6.29 Å². The highest BCUT2D eigenvalue weighted by atomic mass is 16.1. The molecule has 0 aliphatic heterocycles. The second kappa shape index (κ2) is 4.24. The van der Waals surface area contributed by atoms with Gasteiger partial charge in [0.05, 0.1) is 0 Å². The molecular weight excluding hydrogens is 148 g/mol. The van der Waals surface area contributed by atoms with Crippen molar-refractivity contribution in [3.05, 3.63) is 23.8 Å². The van der Waals surface area contributed by atoms with Gasteiger partial charge in [-0.05, 0) is 31.3 Å². The van der Waals surface area contributed by atoms with Crippen LogP contribution in [0.1, 0.15) is 26.7 Å². The molecule has 2 unspecified atom stereocenters. The summed E-state index contributed by atoms with van der Waals surface area (Å²) >= 11 is 0. The van der Waals surface area contributed by atoms with Crippen LogP contribution in [0.5, 0.6) is 0 Å². The molecule has 1 aliphatic rings. The van der Waals surface area contributed by atoms with Crippen LogP contribution < -0.4 is 0 Å². The molecule has 0 aromatic heterocycles. The van der Waals surface area contributed by atoms with Gasteiger partial charge in [0.25, 0.3) is 0 Å². The van der Waals surface area contributed by atoms with E-state index in [0.717, 1.165) is 18.3 Å². The molecule has 0 spiro atoms. The lowest BCUT2D eigenvalue weighted by atomic mass is 9.81. The molecule has 0 saturated heterocycles. The van der Waals surface area contributed by atoms with Gasteiger partial charge in [-0.2, -0.15) is 0 Å². The molecule has 12 heavy (non-hydrogen) atoms. The Labute approximate surface area is 74.2 Å². The highest BCUT2D eigenvalue weighted by molar-refractivity contribution is 5.74. The van der Waals surface area contributed by atoms with Crippen LogP contribution in [0.25, 0.3) is 0 Å². The van der Waals surface area contributed by atoms with E-state index in [0.29, 0.717) is 11.8 Å². The van der Waals surface area contributed by atoms with Crippen molar-refractivity contribution in [3.8, 4) is 0 Å². The molecule has 1 heteroatoms. The summed E-state index contributed by atoms with van der Waals surface area (Å²) < 4.78 is 0. The zero-order chi connectivity index (χ0) is 8.97. The molecular formula is C11H16O. The van der Waals surface area contributed by atoms with E-state index in [4.69, 9.17) is 0 Å². The van der Waals surface area contributed by atoms with E-state index in [1.54, 1.807) is 0 Å². The van der Waals surface area contributed by atoms with Crippen molar-refractivity contribution in [1.82, 2.24) is 0 Å². The first-order valence-electron chi connectivity index (χ1n) is 4.57. The lowest BCUT2D eigenvalue weighted by molar-refractivity contribution is -0.105. The van der Waals surface area contributed by atoms with E-state index in [9.17, 15) is 4.79 Å². The summed E-state index contributed by atoms with van der Waals surface area (Å²) in [5.41, 5.74) is 0.929. The quantitative estimate of drug-likeness (QED) is 0.348. The number of rotatable bonds is 2. The van der Waals surface area contributed by atoms with Crippen LogP contribution in [-0.2, 0) is 4.79 Å². The molecule has 0 bridgehead atoms. The minimum atomic E-state index is 0.362. The predicted molar refractivity (Wildman–Crippen MR) is 50.8 cm³/mol. The third kappa shape index (κ3) is 1.84. The Kier molecular flexibility index (Phi) is 3.27. The van der Waals surface area contributed by atoms with Crippen molar-refractivity contribution in [1.29, 1.82) is 0 Å². The van der Waals surface area contributed by atoms with E-state index >= 15 is 0 Å². The molecule has 0 aromatic carbocycles. The summed E-state index contributed by atoms with van der Waals surface area (Å²) in [7, 11) is 0. The van der Waals surface area contributed by atoms with E-state index < -0.39 is 0 Å². The Hall–Kier alpha value is -0.850. The third-order valence-electron chi connectivity index (χ3n) is 2.60.